The molecule has 0 bridgehead atoms. The smallest absolute Gasteiger partial charge is 0.143 e. The first-order valence-electron chi connectivity index (χ1n) is 6.25. The summed E-state index contributed by atoms with van der Waals surface area (Å²) in [7, 11) is 0. The Morgan fingerprint density at radius 2 is 2.06 bits per heavy atom. The zero-order valence-electron chi connectivity index (χ0n) is 10.1. The Labute approximate surface area is 106 Å². The molecular weight excluding hydrogens is 227 g/mol. The zero-order valence-corrected chi connectivity index (χ0v) is 10.1. The number of benzene rings is 1. The number of hydrogen-bond donors (Lipinski definition) is 1. The van der Waals surface area contributed by atoms with E-state index >= 15 is 0 Å². The third-order valence-electron chi connectivity index (χ3n) is 3.26. The summed E-state index contributed by atoms with van der Waals surface area (Å²) in [5.74, 6) is 0.420. The largest absolute Gasteiger partial charge is 0.380 e. The van der Waals surface area contributed by atoms with Gasteiger partial charge >= 0.3 is 0 Å². The highest BCUT2D eigenvalue weighted by molar-refractivity contribution is 5.43. The molecule has 92 valence electrons. The van der Waals surface area contributed by atoms with Gasteiger partial charge in [0.1, 0.15) is 5.82 Å². The minimum absolute atomic E-state index is 0.310. The zero-order chi connectivity index (χ0) is 12.4. The molecule has 0 amide bonds. The summed E-state index contributed by atoms with van der Waals surface area (Å²) in [5, 5.41) is 3.22. The van der Waals surface area contributed by atoms with Crippen molar-refractivity contribution in [2.24, 2.45) is 0 Å². The van der Waals surface area contributed by atoms with Crippen LogP contribution in [0, 0.1) is 5.82 Å². The van der Waals surface area contributed by atoms with Crippen LogP contribution in [0.25, 0.3) is 0 Å². The molecule has 1 aromatic heterocycles. The fourth-order valence-corrected chi connectivity index (χ4v) is 2.19. The van der Waals surface area contributed by atoms with Crippen LogP contribution < -0.4 is 5.32 Å². The molecule has 0 spiro atoms. The van der Waals surface area contributed by atoms with Crippen LogP contribution in [-0.4, -0.2) is 4.98 Å². The van der Waals surface area contributed by atoms with Gasteiger partial charge < -0.3 is 5.32 Å². The monoisotopic (exact) mass is 242 g/mol. The summed E-state index contributed by atoms with van der Waals surface area (Å²) < 4.78 is 13.0. The van der Waals surface area contributed by atoms with Gasteiger partial charge in [-0.15, -0.1) is 0 Å². The maximum atomic E-state index is 13.0. The number of halogens is 1. The van der Waals surface area contributed by atoms with Gasteiger partial charge in [-0.2, -0.15) is 0 Å². The van der Waals surface area contributed by atoms with Crippen molar-refractivity contribution < 1.29 is 4.39 Å². The third-order valence-corrected chi connectivity index (χ3v) is 3.26. The summed E-state index contributed by atoms with van der Waals surface area (Å²) in [6.45, 7) is 0.720. The standard InChI is InChI=1S/C15H15FN2/c16-13-7-14(10-17-9-13)18-8-12-3-1-2-4-15(12)11-5-6-11/h1-4,7,9-11,18H,5-6,8H2. The van der Waals surface area contributed by atoms with Crippen molar-refractivity contribution in [2.75, 3.05) is 5.32 Å². The van der Waals surface area contributed by atoms with Crippen LogP contribution >= 0.6 is 0 Å². The molecule has 18 heavy (non-hydrogen) atoms. The molecule has 1 N–H and O–H groups in total. The van der Waals surface area contributed by atoms with Gasteiger partial charge in [-0.25, -0.2) is 4.39 Å². The second-order valence-corrected chi connectivity index (χ2v) is 4.72. The van der Waals surface area contributed by atoms with E-state index in [2.05, 4.69) is 28.5 Å². The average Bonchev–Trinajstić information content (AvgIpc) is 3.21. The Morgan fingerprint density at radius 1 is 1.22 bits per heavy atom. The molecule has 0 saturated heterocycles. The third kappa shape index (κ3) is 2.50. The van der Waals surface area contributed by atoms with Crippen molar-refractivity contribution in [3.8, 4) is 0 Å². The summed E-state index contributed by atoms with van der Waals surface area (Å²) in [6.07, 6.45) is 5.43. The minimum atomic E-state index is -0.310. The first-order valence-corrected chi connectivity index (χ1v) is 6.25. The highest BCUT2D eigenvalue weighted by Gasteiger charge is 2.25. The Kier molecular flexibility index (Phi) is 2.97. The lowest BCUT2D eigenvalue weighted by molar-refractivity contribution is 0.622. The molecule has 1 heterocycles. The van der Waals surface area contributed by atoms with Crippen molar-refractivity contribution in [2.45, 2.75) is 25.3 Å². The average molecular weight is 242 g/mol. The Bertz CT molecular complexity index is 550. The van der Waals surface area contributed by atoms with Crippen LogP contribution in [0.15, 0.2) is 42.7 Å². The molecular formula is C15H15FN2. The highest BCUT2D eigenvalue weighted by Crippen LogP contribution is 2.41. The van der Waals surface area contributed by atoms with Crippen LogP contribution in [0.2, 0.25) is 0 Å². The molecule has 0 aliphatic heterocycles. The first-order chi connectivity index (χ1) is 8.83. The second kappa shape index (κ2) is 4.77. The summed E-state index contributed by atoms with van der Waals surface area (Å²) in [4.78, 5) is 3.83. The van der Waals surface area contributed by atoms with Gasteiger partial charge in [0.15, 0.2) is 0 Å². The Balaban J connectivity index is 1.73. The molecule has 0 radical (unpaired) electrons. The van der Waals surface area contributed by atoms with Crippen LogP contribution in [0.1, 0.15) is 29.9 Å². The van der Waals surface area contributed by atoms with E-state index in [1.165, 1.54) is 36.2 Å². The first kappa shape index (κ1) is 11.2. The summed E-state index contributed by atoms with van der Waals surface area (Å²) in [5.41, 5.74) is 3.44. The minimum Gasteiger partial charge on any atom is -0.380 e. The van der Waals surface area contributed by atoms with E-state index < -0.39 is 0 Å². The summed E-state index contributed by atoms with van der Waals surface area (Å²) >= 11 is 0. The van der Waals surface area contributed by atoms with Gasteiger partial charge in [0.05, 0.1) is 18.1 Å². The van der Waals surface area contributed by atoms with Gasteiger partial charge in [-0.1, -0.05) is 24.3 Å². The predicted octanol–water partition coefficient (Wildman–Crippen LogP) is 3.71. The highest BCUT2D eigenvalue weighted by atomic mass is 19.1. The van der Waals surface area contributed by atoms with Crippen molar-refractivity contribution in [1.82, 2.24) is 4.98 Å². The van der Waals surface area contributed by atoms with Crippen molar-refractivity contribution in [3.63, 3.8) is 0 Å². The van der Waals surface area contributed by atoms with Crippen LogP contribution in [-0.2, 0) is 6.54 Å². The molecule has 3 heteroatoms. The number of rotatable bonds is 4. The van der Waals surface area contributed by atoms with E-state index in [0.29, 0.717) is 0 Å². The molecule has 1 aromatic carbocycles. The Hall–Kier alpha value is -1.90. The van der Waals surface area contributed by atoms with Gasteiger partial charge in [0.2, 0.25) is 0 Å². The van der Waals surface area contributed by atoms with Gasteiger partial charge in [0.25, 0.3) is 0 Å². The van der Waals surface area contributed by atoms with Crippen molar-refractivity contribution in [3.05, 3.63) is 59.7 Å². The molecule has 1 saturated carbocycles. The van der Waals surface area contributed by atoms with Crippen LogP contribution in [0.5, 0.6) is 0 Å². The normalized spacial score (nSPS) is 14.5. The maximum Gasteiger partial charge on any atom is 0.143 e. The second-order valence-electron chi connectivity index (χ2n) is 4.72. The quantitative estimate of drug-likeness (QED) is 0.884. The lowest BCUT2D eigenvalue weighted by Crippen LogP contribution is -2.03. The van der Waals surface area contributed by atoms with E-state index in [1.807, 2.05) is 6.07 Å². The molecule has 0 atom stereocenters. The topological polar surface area (TPSA) is 24.9 Å². The van der Waals surface area contributed by atoms with Crippen molar-refractivity contribution in [1.29, 1.82) is 0 Å². The van der Waals surface area contributed by atoms with Crippen molar-refractivity contribution >= 4 is 5.69 Å². The Morgan fingerprint density at radius 3 is 2.83 bits per heavy atom. The van der Waals surface area contributed by atoms with E-state index in [0.717, 1.165) is 18.2 Å². The number of pyridine rings is 1. The van der Waals surface area contributed by atoms with E-state index in [9.17, 15) is 4.39 Å². The fourth-order valence-electron chi connectivity index (χ4n) is 2.19. The van der Waals surface area contributed by atoms with Crippen LogP contribution in [0.3, 0.4) is 0 Å². The number of nitrogens with zero attached hydrogens (tertiary/aromatic N) is 1. The number of nitrogens with one attached hydrogen (secondary N) is 1. The molecule has 2 nitrogen and oxygen atoms in total. The van der Waals surface area contributed by atoms with E-state index in [4.69, 9.17) is 0 Å². The molecule has 1 aliphatic rings. The lowest BCUT2D eigenvalue weighted by Gasteiger charge is -2.10. The van der Waals surface area contributed by atoms with E-state index in [1.54, 1.807) is 6.20 Å². The number of anilines is 1. The van der Waals surface area contributed by atoms with Gasteiger partial charge in [-0.05, 0) is 29.9 Å². The van der Waals surface area contributed by atoms with Gasteiger partial charge in [0, 0.05) is 12.6 Å². The maximum absolute atomic E-state index is 13.0. The number of aromatic nitrogens is 1. The fraction of sp³-hybridized carbons (Fsp3) is 0.267. The van der Waals surface area contributed by atoms with Crippen LogP contribution in [0.4, 0.5) is 10.1 Å². The molecule has 2 aromatic rings. The predicted molar refractivity (Wildman–Crippen MR) is 69.9 cm³/mol. The molecule has 1 fully saturated rings. The number of hydrogen-bond acceptors (Lipinski definition) is 2. The molecule has 1 aliphatic carbocycles. The SMILES string of the molecule is Fc1cncc(NCc2ccccc2C2CC2)c1. The lowest BCUT2D eigenvalue weighted by atomic mass is 10.0. The van der Waals surface area contributed by atoms with E-state index in [-0.39, 0.29) is 5.82 Å². The molecule has 3 rings (SSSR count). The summed E-state index contributed by atoms with van der Waals surface area (Å²) in [6, 6.07) is 9.92. The molecule has 0 unspecified atom stereocenters. The van der Waals surface area contributed by atoms with Gasteiger partial charge in [-0.3, -0.25) is 4.98 Å².